The summed E-state index contributed by atoms with van der Waals surface area (Å²) in [5.74, 6) is 0.767. The Balaban J connectivity index is 1.89. The van der Waals surface area contributed by atoms with Gasteiger partial charge >= 0.3 is 0 Å². The molecule has 1 unspecified atom stereocenters. The highest BCUT2D eigenvalue weighted by Gasteiger charge is 2.24. The zero-order chi connectivity index (χ0) is 12.3. The molecule has 1 N–H and O–H groups in total. The lowest BCUT2D eigenvalue weighted by molar-refractivity contribution is 0.644. The predicted octanol–water partition coefficient (Wildman–Crippen LogP) is 2.43. The Labute approximate surface area is 107 Å². The van der Waals surface area contributed by atoms with Crippen LogP contribution in [0, 0.1) is 25.2 Å². The number of aryl methyl sites for hydroxylation is 2. The number of nitriles is 1. The minimum Gasteiger partial charge on any atom is -0.298 e. The Morgan fingerprint density at radius 1 is 1.53 bits per heavy atom. The first kappa shape index (κ1) is 12.4. The van der Waals surface area contributed by atoms with E-state index in [1.807, 2.05) is 6.92 Å². The molecule has 0 amide bonds. The quantitative estimate of drug-likeness (QED) is 0.812. The first-order valence-electron chi connectivity index (χ1n) is 5.91. The Morgan fingerprint density at radius 2 is 2.29 bits per heavy atom. The van der Waals surface area contributed by atoms with E-state index in [9.17, 15) is 0 Å². The van der Waals surface area contributed by atoms with Gasteiger partial charge in [-0.2, -0.15) is 5.26 Å². The molecule has 1 saturated carbocycles. The maximum absolute atomic E-state index is 9.04. The molecule has 4 heteroatoms. The lowest BCUT2D eigenvalue weighted by Crippen LogP contribution is -2.31. The number of nitrogens with zero attached hydrogens (tertiary/aromatic N) is 2. The van der Waals surface area contributed by atoms with Gasteiger partial charge in [-0.15, -0.1) is 11.8 Å². The molecule has 1 fully saturated rings. The van der Waals surface area contributed by atoms with Crippen LogP contribution in [-0.4, -0.2) is 22.8 Å². The fourth-order valence-electron chi connectivity index (χ4n) is 1.70. The summed E-state index contributed by atoms with van der Waals surface area (Å²) in [6.45, 7) is 4.07. The van der Waals surface area contributed by atoms with Crippen LogP contribution in [0.25, 0.3) is 0 Å². The Morgan fingerprint density at radius 3 is 2.88 bits per heavy atom. The van der Waals surface area contributed by atoms with Crippen molar-refractivity contribution >= 4 is 11.8 Å². The van der Waals surface area contributed by atoms with E-state index in [0.29, 0.717) is 6.04 Å². The van der Waals surface area contributed by atoms with Gasteiger partial charge in [-0.25, -0.2) is 4.98 Å². The van der Waals surface area contributed by atoms with Crippen molar-refractivity contribution in [2.24, 2.45) is 0 Å². The van der Waals surface area contributed by atoms with E-state index in [1.54, 1.807) is 11.8 Å². The van der Waals surface area contributed by atoms with Gasteiger partial charge in [0, 0.05) is 17.5 Å². The van der Waals surface area contributed by atoms with Crippen molar-refractivity contribution in [3.05, 3.63) is 23.4 Å². The van der Waals surface area contributed by atoms with Crippen LogP contribution in [0.2, 0.25) is 0 Å². The smallest absolute Gasteiger partial charge is 0.105 e. The van der Waals surface area contributed by atoms with Gasteiger partial charge in [-0.3, -0.25) is 5.32 Å². The number of thioether (sulfide) groups is 1. The van der Waals surface area contributed by atoms with Gasteiger partial charge in [0.05, 0.1) is 11.1 Å². The molecular formula is C13H17N3S. The van der Waals surface area contributed by atoms with Crippen LogP contribution in [0.4, 0.5) is 0 Å². The first-order chi connectivity index (χ1) is 8.17. The van der Waals surface area contributed by atoms with Crippen molar-refractivity contribution in [3.8, 4) is 6.07 Å². The van der Waals surface area contributed by atoms with E-state index in [4.69, 9.17) is 5.26 Å². The van der Waals surface area contributed by atoms with Crippen molar-refractivity contribution in [1.29, 1.82) is 5.26 Å². The summed E-state index contributed by atoms with van der Waals surface area (Å²) in [6.07, 6.45) is 2.43. The van der Waals surface area contributed by atoms with Crippen LogP contribution in [0.3, 0.4) is 0 Å². The van der Waals surface area contributed by atoms with Crippen molar-refractivity contribution in [2.75, 3.05) is 5.75 Å². The van der Waals surface area contributed by atoms with Crippen LogP contribution in [0.1, 0.15) is 24.1 Å². The van der Waals surface area contributed by atoms with Gasteiger partial charge in [-0.05, 0) is 44.4 Å². The average Bonchev–Trinajstić information content (AvgIpc) is 3.06. The van der Waals surface area contributed by atoms with E-state index in [2.05, 4.69) is 35.4 Å². The van der Waals surface area contributed by atoms with Crippen LogP contribution in [-0.2, 0) is 0 Å². The molecule has 0 radical (unpaired) electrons. The van der Waals surface area contributed by atoms with Crippen molar-refractivity contribution < 1.29 is 0 Å². The molecule has 1 aromatic heterocycles. The SMILES string of the molecule is Cc1cc(C)nc(SCC(C#N)NC2CC2)c1. The molecule has 1 aliphatic rings. The van der Waals surface area contributed by atoms with Gasteiger partial charge < -0.3 is 0 Å². The van der Waals surface area contributed by atoms with Crippen molar-refractivity contribution in [3.63, 3.8) is 0 Å². The summed E-state index contributed by atoms with van der Waals surface area (Å²) in [6, 6.07) is 6.97. The number of rotatable bonds is 5. The fourth-order valence-corrected chi connectivity index (χ4v) is 2.69. The van der Waals surface area contributed by atoms with Crippen LogP contribution >= 0.6 is 11.8 Å². The van der Waals surface area contributed by atoms with Gasteiger partial charge in [0.25, 0.3) is 0 Å². The average molecular weight is 247 g/mol. The summed E-state index contributed by atoms with van der Waals surface area (Å²) in [4.78, 5) is 4.46. The van der Waals surface area contributed by atoms with Gasteiger partial charge in [0.1, 0.15) is 6.04 Å². The molecule has 1 atom stereocenters. The number of hydrogen-bond donors (Lipinski definition) is 1. The normalized spacial score (nSPS) is 16.5. The third-order valence-electron chi connectivity index (χ3n) is 2.64. The first-order valence-corrected chi connectivity index (χ1v) is 6.89. The van der Waals surface area contributed by atoms with Gasteiger partial charge in [-0.1, -0.05) is 0 Å². The molecule has 1 aromatic rings. The number of nitrogens with one attached hydrogen (secondary N) is 1. The van der Waals surface area contributed by atoms with Crippen LogP contribution < -0.4 is 5.32 Å². The maximum atomic E-state index is 9.04. The molecule has 1 aliphatic carbocycles. The highest BCUT2D eigenvalue weighted by molar-refractivity contribution is 7.99. The summed E-state index contributed by atoms with van der Waals surface area (Å²) < 4.78 is 0. The largest absolute Gasteiger partial charge is 0.298 e. The van der Waals surface area contributed by atoms with E-state index in [1.165, 1.54) is 18.4 Å². The Bertz CT molecular complexity index is 415. The van der Waals surface area contributed by atoms with E-state index in [0.717, 1.165) is 16.5 Å². The highest BCUT2D eigenvalue weighted by atomic mass is 32.2. The molecule has 0 aromatic carbocycles. The lowest BCUT2D eigenvalue weighted by Gasteiger charge is -2.10. The van der Waals surface area contributed by atoms with E-state index in [-0.39, 0.29) is 6.04 Å². The zero-order valence-electron chi connectivity index (χ0n) is 10.2. The maximum Gasteiger partial charge on any atom is 0.105 e. The van der Waals surface area contributed by atoms with Crippen LogP contribution in [0.5, 0.6) is 0 Å². The Kier molecular flexibility index (Phi) is 4.03. The minimum absolute atomic E-state index is 0.0601. The minimum atomic E-state index is -0.0601. The molecule has 0 bridgehead atoms. The molecule has 3 nitrogen and oxygen atoms in total. The molecule has 17 heavy (non-hydrogen) atoms. The van der Waals surface area contributed by atoms with Gasteiger partial charge in [0.15, 0.2) is 0 Å². The van der Waals surface area contributed by atoms with E-state index >= 15 is 0 Å². The fraction of sp³-hybridized carbons (Fsp3) is 0.538. The molecule has 0 spiro atoms. The third-order valence-corrected chi connectivity index (χ3v) is 3.65. The number of aromatic nitrogens is 1. The second-order valence-corrected chi connectivity index (χ2v) is 5.60. The third kappa shape index (κ3) is 4.03. The monoisotopic (exact) mass is 247 g/mol. The zero-order valence-corrected chi connectivity index (χ0v) is 11.0. The molecule has 0 aliphatic heterocycles. The molecular weight excluding hydrogens is 230 g/mol. The molecule has 90 valence electrons. The Hall–Kier alpha value is -1.05. The van der Waals surface area contributed by atoms with Crippen molar-refractivity contribution in [1.82, 2.24) is 10.3 Å². The molecule has 2 rings (SSSR count). The number of pyridine rings is 1. The van der Waals surface area contributed by atoms with E-state index < -0.39 is 0 Å². The van der Waals surface area contributed by atoms with Gasteiger partial charge in [0.2, 0.25) is 0 Å². The molecule has 0 saturated heterocycles. The second-order valence-electron chi connectivity index (χ2n) is 4.56. The predicted molar refractivity (Wildman–Crippen MR) is 70.0 cm³/mol. The van der Waals surface area contributed by atoms with Crippen LogP contribution in [0.15, 0.2) is 17.2 Å². The standard InChI is InChI=1S/C13H17N3S/c1-9-5-10(2)15-13(6-9)17-8-12(7-14)16-11-3-4-11/h5-6,11-12,16H,3-4,8H2,1-2H3. The summed E-state index contributed by atoms with van der Waals surface area (Å²) in [7, 11) is 0. The summed E-state index contributed by atoms with van der Waals surface area (Å²) >= 11 is 1.66. The number of hydrogen-bond acceptors (Lipinski definition) is 4. The summed E-state index contributed by atoms with van der Waals surface area (Å²) in [5, 5.41) is 13.4. The summed E-state index contributed by atoms with van der Waals surface area (Å²) in [5.41, 5.74) is 2.26. The molecule has 1 heterocycles. The second kappa shape index (κ2) is 5.52. The van der Waals surface area contributed by atoms with Crippen molar-refractivity contribution in [2.45, 2.75) is 43.8 Å². The lowest BCUT2D eigenvalue weighted by atomic mass is 10.3. The highest BCUT2D eigenvalue weighted by Crippen LogP contribution is 2.22. The topological polar surface area (TPSA) is 48.7 Å².